The molecule has 2 rings (SSSR count). The van der Waals surface area contributed by atoms with Gasteiger partial charge in [-0.1, -0.05) is 6.07 Å². The van der Waals surface area contributed by atoms with Crippen molar-refractivity contribution < 1.29 is 0 Å². The first-order chi connectivity index (χ1) is 8.22. The maximum absolute atomic E-state index is 9.00. The van der Waals surface area contributed by atoms with Gasteiger partial charge in [-0.25, -0.2) is 0 Å². The summed E-state index contributed by atoms with van der Waals surface area (Å²) in [5, 5.41) is 9.79. The van der Waals surface area contributed by atoms with Crippen molar-refractivity contribution in [1.29, 1.82) is 5.26 Å². The lowest BCUT2D eigenvalue weighted by atomic mass is 10.2. The van der Waals surface area contributed by atoms with Crippen LogP contribution in [-0.2, 0) is 6.54 Å². The summed E-state index contributed by atoms with van der Waals surface area (Å²) in [6.07, 6.45) is 3.53. The largest absolute Gasteiger partial charge is 0.382 e. The topological polar surface area (TPSA) is 78.8 Å². The molecule has 0 aromatic carbocycles. The molecule has 2 aromatic heterocycles. The molecule has 0 aliphatic heterocycles. The number of pyridine rings is 1. The highest BCUT2D eigenvalue weighted by Crippen LogP contribution is 2.29. The number of anilines is 2. The zero-order valence-electron chi connectivity index (χ0n) is 9.29. The van der Waals surface area contributed by atoms with Gasteiger partial charge in [0, 0.05) is 26.0 Å². The van der Waals surface area contributed by atoms with Crippen LogP contribution in [0.3, 0.4) is 0 Å². The monoisotopic (exact) mass is 245 g/mol. The molecular weight excluding hydrogens is 234 g/mol. The highest BCUT2D eigenvalue weighted by Gasteiger charge is 2.14. The lowest BCUT2D eigenvalue weighted by Gasteiger charge is -2.16. The minimum absolute atomic E-state index is 0.297. The van der Waals surface area contributed by atoms with Crippen LogP contribution < -0.4 is 10.6 Å². The van der Waals surface area contributed by atoms with Gasteiger partial charge in [-0.3, -0.25) is 4.98 Å². The van der Waals surface area contributed by atoms with E-state index in [4.69, 9.17) is 11.0 Å². The molecule has 0 aliphatic rings. The Kier molecular flexibility index (Phi) is 3.21. The Morgan fingerprint density at radius 1 is 1.59 bits per heavy atom. The molecule has 0 spiro atoms. The molecule has 0 radical (unpaired) electrons. The van der Waals surface area contributed by atoms with Gasteiger partial charge in [0.25, 0.3) is 0 Å². The molecule has 17 heavy (non-hydrogen) atoms. The van der Waals surface area contributed by atoms with Gasteiger partial charge in [0.05, 0.1) is 0 Å². The number of nitrogens with two attached hydrogens (primary N) is 1. The van der Waals surface area contributed by atoms with E-state index in [1.54, 1.807) is 12.4 Å². The molecule has 0 saturated carbocycles. The Hall–Kier alpha value is -2.13. The predicted octanol–water partition coefficient (Wildman–Crippen LogP) is 1.63. The summed E-state index contributed by atoms with van der Waals surface area (Å²) in [7, 11) is 1.90. The fourth-order valence-electron chi connectivity index (χ4n) is 1.50. The van der Waals surface area contributed by atoms with E-state index in [9.17, 15) is 0 Å². The fourth-order valence-corrected chi connectivity index (χ4v) is 2.22. The second-order valence-corrected chi connectivity index (χ2v) is 4.33. The first-order valence-corrected chi connectivity index (χ1v) is 5.75. The number of aromatic nitrogens is 2. The summed E-state index contributed by atoms with van der Waals surface area (Å²) in [6.45, 7) is 0.671. The van der Waals surface area contributed by atoms with Gasteiger partial charge in [-0.2, -0.15) is 9.64 Å². The van der Waals surface area contributed by atoms with Gasteiger partial charge < -0.3 is 10.6 Å². The third-order valence-corrected chi connectivity index (χ3v) is 3.28. The molecule has 0 saturated heterocycles. The summed E-state index contributed by atoms with van der Waals surface area (Å²) in [5.74, 6) is 0.297. The molecule has 0 bridgehead atoms. The molecule has 0 amide bonds. The van der Waals surface area contributed by atoms with Crippen LogP contribution in [0, 0.1) is 11.3 Å². The SMILES string of the molecule is CN(Cc1cccnc1)c1snc(N)c1C#N. The van der Waals surface area contributed by atoms with Gasteiger partial charge in [-0.05, 0) is 23.2 Å². The van der Waals surface area contributed by atoms with Crippen molar-refractivity contribution in [3.05, 3.63) is 35.7 Å². The van der Waals surface area contributed by atoms with E-state index < -0.39 is 0 Å². The van der Waals surface area contributed by atoms with Crippen LogP contribution in [0.4, 0.5) is 10.8 Å². The van der Waals surface area contributed by atoms with Crippen LogP contribution in [0.25, 0.3) is 0 Å². The third-order valence-electron chi connectivity index (χ3n) is 2.30. The second kappa shape index (κ2) is 4.80. The van der Waals surface area contributed by atoms with Crippen molar-refractivity contribution in [1.82, 2.24) is 9.36 Å². The van der Waals surface area contributed by atoms with Crippen molar-refractivity contribution >= 4 is 22.4 Å². The van der Waals surface area contributed by atoms with Crippen molar-refractivity contribution in [2.24, 2.45) is 0 Å². The molecule has 2 aromatic rings. The zero-order valence-corrected chi connectivity index (χ0v) is 10.1. The quantitative estimate of drug-likeness (QED) is 0.889. The maximum Gasteiger partial charge on any atom is 0.157 e. The van der Waals surface area contributed by atoms with Crippen molar-refractivity contribution in [3.63, 3.8) is 0 Å². The number of nitriles is 1. The van der Waals surface area contributed by atoms with Gasteiger partial charge in [0.15, 0.2) is 5.82 Å². The maximum atomic E-state index is 9.00. The summed E-state index contributed by atoms with van der Waals surface area (Å²) in [6, 6.07) is 5.95. The minimum Gasteiger partial charge on any atom is -0.382 e. The van der Waals surface area contributed by atoms with Gasteiger partial charge in [-0.15, -0.1) is 0 Å². The molecule has 5 nitrogen and oxygen atoms in total. The molecule has 0 aliphatic carbocycles. The van der Waals surface area contributed by atoms with Gasteiger partial charge in [0.1, 0.15) is 16.6 Å². The number of hydrogen-bond donors (Lipinski definition) is 1. The first-order valence-electron chi connectivity index (χ1n) is 4.97. The highest BCUT2D eigenvalue weighted by atomic mass is 32.1. The van der Waals surface area contributed by atoms with Crippen molar-refractivity contribution in [3.8, 4) is 6.07 Å². The second-order valence-electron chi connectivity index (χ2n) is 3.58. The van der Waals surface area contributed by atoms with Crippen LogP contribution in [0.15, 0.2) is 24.5 Å². The lowest BCUT2D eigenvalue weighted by Crippen LogP contribution is -2.16. The van der Waals surface area contributed by atoms with E-state index in [-0.39, 0.29) is 0 Å². The number of nitrogens with zero attached hydrogens (tertiary/aromatic N) is 4. The number of rotatable bonds is 3. The molecule has 2 N–H and O–H groups in total. The molecular formula is C11H11N5S. The average molecular weight is 245 g/mol. The van der Waals surface area contributed by atoms with Crippen molar-refractivity contribution in [2.45, 2.75) is 6.54 Å². The number of hydrogen-bond acceptors (Lipinski definition) is 6. The highest BCUT2D eigenvalue weighted by molar-refractivity contribution is 7.10. The van der Waals surface area contributed by atoms with E-state index in [0.29, 0.717) is 17.9 Å². The summed E-state index contributed by atoms with van der Waals surface area (Å²) < 4.78 is 3.99. The molecule has 6 heteroatoms. The summed E-state index contributed by atoms with van der Waals surface area (Å²) in [4.78, 5) is 6.00. The molecule has 2 heterocycles. The fraction of sp³-hybridized carbons (Fsp3) is 0.182. The van der Waals surface area contributed by atoms with E-state index in [0.717, 1.165) is 10.6 Å². The van der Waals surface area contributed by atoms with Gasteiger partial charge >= 0.3 is 0 Å². The lowest BCUT2D eigenvalue weighted by molar-refractivity contribution is 0.925. The summed E-state index contributed by atoms with van der Waals surface area (Å²) in [5.41, 5.74) is 7.14. The Balaban J connectivity index is 2.21. The predicted molar refractivity (Wildman–Crippen MR) is 67.6 cm³/mol. The first kappa shape index (κ1) is 11.4. The third kappa shape index (κ3) is 2.34. The Labute approximate surface area is 103 Å². The van der Waals surface area contributed by atoms with E-state index in [1.807, 2.05) is 24.1 Å². The van der Waals surface area contributed by atoms with E-state index >= 15 is 0 Å². The van der Waals surface area contributed by atoms with Gasteiger partial charge in [0.2, 0.25) is 0 Å². The normalized spacial score (nSPS) is 9.88. The van der Waals surface area contributed by atoms with Crippen molar-refractivity contribution in [2.75, 3.05) is 17.7 Å². The van der Waals surface area contributed by atoms with E-state index in [2.05, 4.69) is 15.4 Å². The Morgan fingerprint density at radius 2 is 2.41 bits per heavy atom. The summed E-state index contributed by atoms with van der Waals surface area (Å²) >= 11 is 1.24. The Bertz CT molecular complexity index is 543. The minimum atomic E-state index is 0.297. The molecule has 0 atom stereocenters. The van der Waals surface area contributed by atoms with Crippen LogP contribution >= 0.6 is 11.5 Å². The Morgan fingerprint density at radius 3 is 3.06 bits per heavy atom. The molecule has 0 unspecified atom stereocenters. The zero-order chi connectivity index (χ0) is 12.3. The smallest absolute Gasteiger partial charge is 0.157 e. The molecule has 86 valence electrons. The van der Waals surface area contributed by atoms with Crippen LogP contribution in [-0.4, -0.2) is 16.4 Å². The molecule has 0 fully saturated rings. The van der Waals surface area contributed by atoms with Crippen LogP contribution in [0.2, 0.25) is 0 Å². The van der Waals surface area contributed by atoms with E-state index in [1.165, 1.54) is 11.5 Å². The standard InChI is InChI=1S/C11H11N5S/c1-16(7-8-3-2-4-14-6-8)11-9(5-12)10(13)15-17-11/h2-4,6H,7H2,1H3,(H2,13,15). The van der Waals surface area contributed by atoms with Crippen LogP contribution in [0.1, 0.15) is 11.1 Å². The number of nitrogen functional groups attached to an aromatic ring is 1. The average Bonchev–Trinajstić information content (AvgIpc) is 2.71. The van der Waals surface area contributed by atoms with Crippen LogP contribution in [0.5, 0.6) is 0 Å².